The zero-order chi connectivity index (χ0) is 17.8. The van der Waals surface area contributed by atoms with E-state index in [0.29, 0.717) is 0 Å². The highest BCUT2D eigenvalue weighted by Crippen LogP contribution is 2.31. The molecule has 0 amide bonds. The Morgan fingerprint density at radius 2 is 1.62 bits per heavy atom. The van der Waals surface area contributed by atoms with Gasteiger partial charge in [0.15, 0.2) is 0 Å². The fraction of sp³-hybridized carbons (Fsp3) is 0.0417. The summed E-state index contributed by atoms with van der Waals surface area (Å²) in [6.07, 6.45) is 5.57. The standard InChI is InChI=1S/C24H19NO/c1-26-16-14-18-7-5-6-10-22(18)20-11-12-23-21(17-20)13-15-25-24(23)19-8-3-2-4-9-19/h2-17H,1H3. The van der Waals surface area contributed by atoms with E-state index in [4.69, 9.17) is 4.74 Å². The summed E-state index contributed by atoms with van der Waals surface area (Å²) in [6.45, 7) is 0. The molecule has 0 saturated carbocycles. The maximum atomic E-state index is 5.08. The van der Waals surface area contributed by atoms with E-state index in [0.717, 1.165) is 22.2 Å². The molecule has 0 spiro atoms. The van der Waals surface area contributed by atoms with Crippen LogP contribution >= 0.6 is 0 Å². The predicted octanol–water partition coefficient (Wildman–Crippen LogP) is 6.19. The third kappa shape index (κ3) is 3.09. The molecule has 0 atom stereocenters. The highest BCUT2D eigenvalue weighted by atomic mass is 16.5. The molecule has 26 heavy (non-hydrogen) atoms. The van der Waals surface area contributed by atoms with E-state index >= 15 is 0 Å². The van der Waals surface area contributed by atoms with Crippen molar-refractivity contribution in [1.82, 2.24) is 4.98 Å². The Kier molecular flexibility index (Phi) is 4.48. The molecule has 4 rings (SSSR count). The summed E-state index contributed by atoms with van der Waals surface area (Å²) < 4.78 is 5.08. The fourth-order valence-corrected chi connectivity index (χ4v) is 3.22. The predicted molar refractivity (Wildman–Crippen MR) is 109 cm³/mol. The molecule has 0 radical (unpaired) electrons. The summed E-state index contributed by atoms with van der Waals surface area (Å²) >= 11 is 0. The van der Waals surface area contributed by atoms with Crippen molar-refractivity contribution >= 4 is 16.8 Å². The molecule has 4 aromatic rings. The first-order valence-electron chi connectivity index (χ1n) is 8.60. The van der Waals surface area contributed by atoms with Gasteiger partial charge in [-0.2, -0.15) is 0 Å². The van der Waals surface area contributed by atoms with Crippen molar-refractivity contribution in [2.45, 2.75) is 0 Å². The van der Waals surface area contributed by atoms with Crippen molar-refractivity contribution in [1.29, 1.82) is 0 Å². The number of methoxy groups -OCH3 is 1. The average Bonchev–Trinajstić information content (AvgIpc) is 2.72. The van der Waals surface area contributed by atoms with Crippen LogP contribution in [0, 0.1) is 0 Å². The van der Waals surface area contributed by atoms with Crippen molar-refractivity contribution in [2.24, 2.45) is 0 Å². The maximum absolute atomic E-state index is 5.08. The molecule has 0 aliphatic rings. The third-order valence-electron chi connectivity index (χ3n) is 4.47. The second-order valence-corrected chi connectivity index (χ2v) is 6.09. The van der Waals surface area contributed by atoms with Gasteiger partial charge in [-0.3, -0.25) is 4.98 Å². The van der Waals surface area contributed by atoms with Crippen LogP contribution in [-0.4, -0.2) is 12.1 Å². The minimum Gasteiger partial charge on any atom is -0.504 e. The number of benzene rings is 3. The molecule has 2 nitrogen and oxygen atoms in total. The maximum Gasteiger partial charge on any atom is 0.0830 e. The SMILES string of the molecule is COC=Cc1ccccc1-c1ccc2c(-c3ccccc3)nccc2c1. The molecule has 0 saturated heterocycles. The van der Waals surface area contributed by atoms with Gasteiger partial charge in [-0.25, -0.2) is 0 Å². The van der Waals surface area contributed by atoms with Crippen LogP contribution in [0.25, 0.3) is 39.2 Å². The zero-order valence-electron chi connectivity index (χ0n) is 14.6. The van der Waals surface area contributed by atoms with Crippen molar-refractivity contribution in [3.63, 3.8) is 0 Å². The monoisotopic (exact) mass is 337 g/mol. The minimum absolute atomic E-state index is 1.02. The topological polar surface area (TPSA) is 22.1 Å². The number of hydrogen-bond acceptors (Lipinski definition) is 2. The van der Waals surface area contributed by atoms with Crippen LogP contribution in [0.3, 0.4) is 0 Å². The first kappa shape index (κ1) is 16.1. The van der Waals surface area contributed by atoms with E-state index in [1.165, 1.54) is 16.5 Å². The van der Waals surface area contributed by atoms with E-state index in [1.807, 2.05) is 36.5 Å². The smallest absolute Gasteiger partial charge is 0.0830 e. The number of aromatic nitrogens is 1. The van der Waals surface area contributed by atoms with Crippen LogP contribution in [0.5, 0.6) is 0 Å². The van der Waals surface area contributed by atoms with Crippen LogP contribution in [0.4, 0.5) is 0 Å². The van der Waals surface area contributed by atoms with Crippen LogP contribution in [0.2, 0.25) is 0 Å². The van der Waals surface area contributed by atoms with Crippen LogP contribution in [-0.2, 0) is 4.74 Å². The van der Waals surface area contributed by atoms with E-state index in [9.17, 15) is 0 Å². The van der Waals surface area contributed by atoms with Gasteiger partial charge in [0.1, 0.15) is 0 Å². The minimum atomic E-state index is 1.02. The van der Waals surface area contributed by atoms with Crippen LogP contribution in [0.15, 0.2) is 91.3 Å². The summed E-state index contributed by atoms with van der Waals surface area (Å²) in [7, 11) is 1.66. The molecule has 1 aromatic heterocycles. The number of ether oxygens (including phenoxy) is 1. The van der Waals surface area contributed by atoms with Gasteiger partial charge < -0.3 is 4.74 Å². The fourth-order valence-electron chi connectivity index (χ4n) is 3.22. The summed E-state index contributed by atoms with van der Waals surface area (Å²) in [5, 5.41) is 2.34. The highest BCUT2D eigenvalue weighted by molar-refractivity contribution is 5.97. The quantitative estimate of drug-likeness (QED) is 0.414. The van der Waals surface area contributed by atoms with Crippen molar-refractivity contribution in [3.05, 3.63) is 96.9 Å². The molecule has 1 heterocycles. The first-order chi connectivity index (χ1) is 12.9. The molecule has 3 aromatic carbocycles. The zero-order valence-corrected chi connectivity index (χ0v) is 14.6. The Morgan fingerprint density at radius 1 is 0.808 bits per heavy atom. The Hall–Kier alpha value is -3.39. The Morgan fingerprint density at radius 3 is 2.46 bits per heavy atom. The molecule has 0 fully saturated rings. The summed E-state index contributed by atoms with van der Waals surface area (Å²) in [5.41, 5.74) is 5.64. The number of pyridine rings is 1. The Bertz CT molecular complexity index is 1070. The summed E-state index contributed by atoms with van der Waals surface area (Å²) in [4.78, 5) is 4.61. The van der Waals surface area contributed by atoms with Crippen molar-refractivity contribution in [2.75, 3.05) is 7.11 Å². The van der Waals surface area contributed by atoms with Gasteiger partial charge in [0.2, 0.25) is 0 Å². The van der Waals surface area contributed by atoms with E-state index in [1.54, 1.807) is 13.4 Å². The lowest BCUT2D eigenvalue weighted by Gasteiger charge is -2.10. The van der Waals surface area contributed by atoms with Gasteiger partial charge in [0.05, 0.1) is 19.1 Å². The molecule has 0 aliphatic carbocycles. The lowest BCUT2D eigenvalue weighted by molar-refractivity contribution is 0.341. The first-order valence-corrected chi connectivity index (χ1v) is 8.60. The Balaban J connectivity index is 1.85. The molecule has 0 bridgehead atoms. The number of hydrogen-bond donors (Lipinski definition) is 0. The van der Waals surface area contributed by atoms with Crippen LogP contribution in [0.1, 0.15) is 5.56 Å². The largest absolute Gasteiger partial charge is 0.504 e. The molecular weight excluding hydrogens is 318 g/mol. The summed E-state index contributed by atoms with van der Waals surface area (Å²) in [5.74, 6) is 0. The van der Waals surface area contributed by atoms with Gasteiger partial charge in [0.25, 0.3) is 0 Å². The van der Waals surface area contributed by atoms with E-state index in [-0.39, 0.29) is 0 Å². The molecule has 0 N–H and O–H groups in total. The van der Waals surface area contributed by atoms with Gasteiger partial charge >= 0.3 is 0 Å². The molecular formula is C24H19NO. The molecule has 126 valence electrons. The van der Waals surface area contributed by atoms with Crippen molar-refractivity contribution < 1.29 is 4.74 Å². The van der Waals surface area contributed by atoms with Crippen LogP contribution < -0.4 is 0 Å². The number of nitrogens with zero attached hydrogens (tertiary/aromatic N) is 1. The lowest BCUT2D eigenvalue weighted by atomic mass is 9.96. The average molecular weight is 337 g/mol. The summed E-state index contributed by atoms with van der Waals surface area (Å²) in [6, 6.07) is 27.3. The third-order valence-corrected chi connectivity index (χ3v) is 4.47. The lowest BCUT2D eigenvalue weighted by Crippen LogP contribution is -1.88. The van der Waals surface area contributed by atoms with E-state index < -0.39 is 0 Å². The van der Waals surface area contributed by atoms with Gasteiger partial charge in [0, 0.05) is 17.1 Å². The Labute approximate surface area is 153 Å². The van der Waals surface area contributed by atoms with Gasteiger partial charge in [-0.05, 0) is 40.3 Å². The molecule has 2 heteroatoms. The van der Waals surface area contributed by atoms with Crippen molar-refractivity contribution in [3.8, 4) is 22.4 Å². The number of rotatable bonds is 4. The number of fused-ring (bicyclic) bond motifs is 1. The normalized spacial score (nSPS) is 11.1. The molecule has 0 unspecified atom stereocenters. The van der Waals surface area contributed by atoms with E-state index in [2.05, 4.69) is 59.6 Å². The molecule has 0 aliphatic heterocycles. The second kappa shape index (κ2) is 7.24. The van der Waals surface area contributed by atoms with Gasteiger partial charge in [-0.1, -0.05) is 66.7 Å². The highest BCUT2D eigenvalue weighted by Gasteiger charge is 2.08. The van der Waals surface area contributed by atoms with Gasteiger partial charge in [-0.15, -0.1) is 0 Å². The second-order valence-electron chi connectivity index (χ2n) is 6.09.